The van der Waals surface area contributed by atoms with E-state index in [2.05, 4.69) is 5.32 Å². The number of nitrogens with zero attached hydrogens (tertiary/aromatic N) is 2. The van der Waals surface area contributed by atoms with Crippen LogP contribution < -0.4 is 15.6 Å². The van der Waals surface area contributed by atoms with Gasteiger partial charge in [0.1, 0.15) is 19.0 Å². The first kappa shape index (κ1) is 19.7. The minimum absolute atomic E-state index is 0.109. The first-order valence-corrected chi connectivity index (χ1v) is 10.4. The Kier molecular flexibility index (Phi) is 4.56. The molecule has 160 valence electrons. The van der Waals surface area contributed by atoms with E-state index in [0.29, 0.717) is 48.0 Å². The summed E-state index contributed by atoms with van der Waals surface area (Å²) >= 11 is 0. The maximum atomic E-state index is 13.3. The summed E-state index contributed by atoms with van der Waals surface area (Å²) in [6, 6.07) is 9.40. The van der Waals surface area contributed by atoms with Gasteiger partial charge in [0.2, 0.25) is 0 Å². The van der Waals surface area contributed by atoms with Crippen LogP contribution in [0, 0.1) is 0 Å². The molecule has 0 bridgehead atoms. The van der Waals surface area contributed by atoms with E-state index in [-0.39, 0.29) is 18.6 Å². The maximum absolute atomic E-state index is 13.3. The highest BCUT2D eigenvalue weighted by molar-refractivity contribution is 5.91. The lowest BCUT2D eigenvalue weighted by molar-refractivity contribution is -0.172. The summed E-state index contributed by atoms with van der Waals surface area (Å²) < 4.78 is 12.9. The molecule has 5 rings (SSSR count). The molecule has 2 aromatic heterocycles. The number of aliphatic hydroxyl groups is 1. The molecule has 0 saturated heterocycles. The van der Waals surface area contributed by atoms with Crippen LogP contribution >= 0.6 is 0 Å². The van der Waals surface area contributed by atoms with Gasteiger partial charge in [-0.05, 0) is 31.7 Å². The van der Waals surface area contributed by atoms with Gasteiger partial charge in [-0.15, -0.1) is 0 Å². The maximum Gasteiger partial charge on any atom is 0.343 e. The number of rotatable bonds is 5. The smallest absolute Gasteiger partial charge is 0.343 e. The van der Waals surface area contributed by atoms with Crippen molar-refractivity contribution in [3.8, 4) is 17.1 Å². The second-order valence-corrected chi connectivity index (χ2v) is 7.84. The Balaban J connectivity index is 1.76. The number of carbonyl (C=O) groups excluding carboxylic acids is 1. The third-order valence-electron chi connectivity index (χ3n) is 6.14. The van der Waals surface area contributed by atoms with Gasteiger partial charge in [0.05, 0.1) is 29.0 Å². The highest BCUT2D eigenvalue weighted by Crippen LogP contribution is 2.42. The predicted molar refractivity (Wildman–Crippen MR) is 114 cm³/mol. The summed E-state index contributed by atoms with van der Waals surface area (Å²) in [4.78, 5) is 30.5. The fraction of sp³-hybridized carbons (Fsp3) is 0.348. The minimum atomic E-state index is -1.84. The van der Waals surface area contributed by atoms with Crippen molar-refractivity contribution in [3.63, 3.8) is 0 Å². The fourth-order valence-corrected chi connectivity index (χ4v) is 4.41. The number of nitrogens with one attached hydrogen (secondary N) is 1. The Morgan fingerprint density at radius 1 is 1.29 bits per heavy atom. The van der Waals surface area contributed by atoms with Crippen LogP contribution in [0.25, 0.3) is 22.3 Å². The predicted octanol–water partition coefficient (Wildman–Crippen LogP) is 1.68. The highest BCUT2D eigenvalue weighted by atomic mass is 16.6. The molecular weight excluding hydrogens is 398 g/mol. The van der Waals surface area contributed by atoms with Crippen LogP contribution in [0.1, 0.15) is 30.0 Å². The molecule has 1 aromatic carbocycles. The number of carbonyl (C=O) groups is 1. The zero-order valence-corrected chi connectivity index (χ0v) is 17.4. The molecule has 8 nitrogen and oxygen atoms in total. The van der Waals surface area contributed by atoms with Gasteiger partial charge < -0.3 is 24.5 Å². The van der Waals surface area contributed by atoms with E-state index in [0.717, 1.165) is 16.5 Å². The van der Waals surface area contributed by atoms with Crippen molar-refractivity contribution in [3.05, 3.63) is 57.4 Å². The molecule has 0 radical (unpaired) electrons. The van der Waals surface area contributed by atoms with Crippen LogP contribution in [0.3, 0.4) is 0 Å². The average Bonchev–Trinajstić information content (AvgIpc) is 3.15. The molecular formula is C23H23N3O5. The molecule has 0 aliphatic carbocycles. The number of benzene rings is 1. The SMILES string of the molecule is CC[C@@]1(O)C(=O)OCc2c1cc1n(c2=O)Cc2c-1nc1ccccc1c2OCCNC. The molecule has 0 unspecified atom stereocenters. The van der Waals surface area contributed by atoms with Crippen molar-refractivity contribution in [2.45, 2.75) is 32.1 Å². The summed E-state index contributed by atoms with van der Waals surface area (Å²) in [7, 11) is 1.86. The van der Waals surface area contributed by atoms with Gasteiger partial charge in [0.25, 0.3) is 5.56 Å². The van der Waals surface area contributed by atoms with E-state index >= 15 is 0 Å². The Morgan fingerprint density at radius 2 is 2.10 bits per heavy atom. The molecule has 3 aromatic rings. The summed E-state index contributed by atoms with van der Waals surface area (Å²) in [6.45, 7) is 3.00. The van der Waals surface area contributed by atoms with Crippen molar-refractivity contribution in [1.82, 2.24) is 14.9 Å². The second-order valence-electron chi connectivity index (χ2n) is 7.84. The molecule has 2 N–H and O–H groups in total. The van der Waals surface area contributed by atoms with Crippen molar-refractivity contribution in [2.24, 2.45) is 0 Å². The molecule has 8 heteroatoms. The molecule has 0 fully saturated rings. The number of esters is 1. The number of aromatic nitrogens is 2. The molecule has 2 aliphatic rings. The quantitative estimate of drug-likeness (QED) is 0.373. The first-order chi connectivity index (χ1) is 15.0. The van der Waals surface area contributed by atoms with Crippen LogP contribution in [0.15, 0.2) is 35.1 Å². The third-order valence-corrected chi connectivity index (χ3v) is 6.14. The van der Waals surface area contributed by atoms with Gasteiger partial charge >= 0.3 is 5.97 Å². The number of hydrogen-bond donors (Lipinski definition) is 2. The van der Waals surface area contributed by atoms with E-state index in [1.165, 1.54) is 0 Å². The molecule has 0 amide bonds. The Hall–Kier alpha value is -3.23. The van der Waals surface area contributed by atoms with Crippen molar-refractivity contribution < 1.29 is 19.4 Å². The molecule has 2 aliphatic heterocycles. The Morgan fingerprint density at radius 3 is 2.87 bits per heavy atom. The monoisotopic (exact) mass is 421 g/mol. The summed E-state index contributed by atoms with van der Waals surface area (Å²) in [6.07, 6.45) is 0.109. The van der Waals surface area contributed by atoms with Gasteiger partial charge in [-0.2, -0.15) is 0 Å². The fourth-order valence-electron chi connectivity index (χ4n) is 4.41. The molecule has 1 atom stereocenters. The van der Waals surface area contributed by atoms with Crippen LogP contribution in [0.5, 0.6) is 5.75 Å². The zero-order valence-electron chi connectivity index (χ0n) is 17.4. The average molecular weight is 421 g/mol. The molecule has 0 spiro atoms. The van der Waals surface area contributed by atoms with Crippen LogP contribution in [-0.2, 0) is 28.3 Å². The molecule has 31 heavy (non-hydrogen) atoms. The number of hydrogen-bond acceptors (Lipinski definition) is 7. The standard InChI is InChI=1S/C23H23N3O5/c1-3-23(29)16-10-18-19-14(11-26(18)21(27)15(16)12-31-22(23)28)20(30-9-8-24-2)13-6-4-5-7-17(13)25-19/h4-7,10,24,29H,3,8-9,11-12H2,1-2H3/t23-/m0/s1. The second kappa shape index (κ2) is 7.18. The van der Waals surface area contributed by atoms with E-state index in [9.17, 15) is 14.7 Å². The molecule has 0 saturated carbocycles. The van der Waals surface area contributed by atoms with Crippen molar-refractivity contribution in [2.75, 3.05) is 20.2 Å². The number of para-hydroxylation sites is 1. The topological polar surface area (TPSA) is 103 Å². The van der Waals surface area contributed by atoms with Crippen molar-refractivity contribution >= 4 is 16.9 Å². The van der Waals surface area contributed by atoms with Gasteiger partial charge in [0.15, 0.2) is 5.60 Å². The van der Waals surface area contributed by atoms with Gasteiger partial charge in [0, 0.05) is 23.1 Å². The van der Waals surface area contributed by atoms with Gasteiger partial charge in [-0.3, -0.25) is 4.79 Å². The number of pyridine rings is 2. The zero-order chi connectivity index (χ0) is 21.8. The number of fused-ring (bicyclic) bond motifs is 5. The summed E-state index contributed by atoms with van der Waals surface area (Å²) in [5.41, 5.74) is 1.28. The van der Waals surface area contributed by atoms with Crippen LogP contribution in [0.2, 0.25) is 0 Å². The largest absolute Gasteiger partial charge is 0.491 e. The van der Waals surface area contributed by atoms with E-state index in [1.807, 2.05) is 31.3 Å². The Labute approximate surface area is 178 Å². The normalized spacial score (nSPS) is 19.0. The number of ether oxygens (including phenoxy) is 2. The summed E-state index contributed by atoms with van der Waals surface area (Å²) in [5, 5.41) is 14.9. The molecule has 4 heterocycles. The first-order valence-electron chi connectivity index (χ1n) is 10.4. The van der Waals surface area contributed by atoms with E-state index < -0.39 is 11.6 Å². The minimum Gasteiger partial charge on any atom is -0.491 e. The lowest BCUT2D eigenvalue weighted by Gasteiger charge is -2.31. The van der Waals surface area contributed by atoms with Gasteiger partial charge in [-0.25, -0.2) is 9.78 Å². The van der Waals surface area contributed by atoms with E-state index in [1.54, 1.807) is 17.6 Å². The van der Waals surface area contributed by atoms with Gasteiger partial charge in [-0.1, -0.05) is 19.1 Å². The van der Waals surface area contributed by atoms with Crippen LogP contribution in [0.4, 0.5) is 0 Å². The highest BCUT2D eigenvalue weighted by Gasteiger charge is 2.45. The van der Waals surface area contributed by atoms with Crippen molar-refractivity contribution in [1.29, 1.82) is 0 Å². The number of likely N-dealkylation sites (N-methyl/N-ethyl adjacent to an activating group) is 1. The summed E-state index contributed by atoms with van der Waals surface area (Å²) in [5.74, 6) is -0.0253. The lowest BCUT2D eigenvalue weighted by Crippen LogP contribution is -2.44. The Bertz CT molecular complexity index is 1280. The number of cyclic esters (lactones) is 1. The van der Waals surface area contributed by atoms with E-state index in [4.69, 9.17) is 14.5 Å². The lowest BCUT2D eigenvalue weighted by atomic mass is 9.86. The van der Waals surface area contributed by atoms with Crippen LogP contribution in [-0.4, -0.2) is 40.8 Å². The third kappa shape index (κ3) is 2.79.